The Morgan fingerprint density at radius 2 is 1.92 bits per heavy atom. The molecule has 5 heteroatoms. The second-order valence-electron chi connectivity index (χ2n) is 2.92. The third kappa shape index (κ3) is 1.88. The number of thioether (sulfide) groups is 1. The van der Waals surface area contributed by atoms with E-state index in [1.165, 1.54) is 0 Å². The summed E-state index contributed by atoms with van der Waals surface area (Å²) in [6.45, 7) is 0. The van der Waals surface area contributed by atoms with Crippen LogP contribution >= 0.6 is 11.8 Å². The van der Waals surface area contributed by atoms with Gasteiger partial charge >= 0.3 is 5.92 Å². The minimum atomic E-state index is -3.08. The molecule has 12 heavy (non-hydrogen) atoms. The smallest absolute Gasteiger partial charge is 0.306 e. The van der Waals surface area contributed by atoms with Crippen LogP contribution in [0.25, 0.3) is 0 Å². The van der Waals surface area contributed by atoms with E-state index in [1.807, 2.05) is 0 Å². The van der Waals surface area contributed by atoms with Crippen molar-refractivity contribution in [2.24, 2.45) is 11.7 Å². The van der Waals surface area contributed by atoms with Crippen LogP contribution < -0.4 is 5.73 Å². The first-order valence-corrected chi connectivity index (χ1v) is 5.00. The minimum Gasteiger partial charge on any atom is -0.383 e. The molecule has 0 amide bonds. The molecule has 0 aromatic heterocycles. The molecule has 0 aliphatic carbocycles. The van der Waals surface area contributed by atoms with E-state index >= 15 is 0 Å². The Hall–Kier alpha value is -0.320. The summed E-state index contributed by atoms with van der Waals surface area (Å²) in [5.74, 6) is -3.27. The number of halogens is 2. The van der Waals surface area contributed by atoms with Crippen molar-refractivity contribution < 1.29 is 8.78 Å². The fourth-order valence-corrected chi connectivity index (χ4v) is 2.39. The first kappa shape index (κ1) is 9.77. The van der Waals surface area contributed by atoms with Crippen LogP contribution in [0.5, 0.6) is 0 Å². The van der Waals surface area contributed by atoms with Gasteiger partial charge in [0, 0.05) is 5.92 Å². The van der Waals surface area contributed by atoms with Crippen molar-refractivity contribution in [3.63, 3.8) is 0 Å². The van der Waals surface area contributed by atoms with Crippen LogP contribution in [0.4, 0.5) is 8.78 Å². The second kappa shape index (κ2) is 3.60. The number of rotatable bonds is 2. The third-order valence-electron chi connectivity index (χ3n) is 2.09. The number of nitrogens with one attached hydrogen (secondary N) is 1. The van der Waals surface area contributed by atoms with Crippen LogP contribution in [-0.2, 0) is 0 Å². The highest BCUT2D eigenvalue weighted by atomic mass is 32.2. The summed E-state index contributed by atoms with van der Waals surface area (Å²) in [6, 6.07) is 0. The van der Waals surface area contributed by atoms with E-state index in [2.05, 4.69) is 0 Å². The van der Waals surface area contributed by atoms with Gasteiger partial charge in [-0.15, -0.1) is 0 Å². The zero-order valence-electron chi connectivity index (χ0n) is 6.65. The molecule has 1 fully saturated rings. The van der Waals surface area contributed by atoms with Gasteiger partial charge in [-0.25, -0.2) is 0 Å². The molecule has 1 heterocycles. The molecule has 0 spiro atoms. The van der Waals surface area contributed by atoms with E-state index in [0.29, 0.717) is 12.8 Å². The molecule has 0 radical (unpaired) electrons. The zero-order chi connectivity index (χ0) is 9.19. The SMILES string of the molecule is N=C(N)C(F)(F)C1CCSCC1. The van der Waals surface area contributed by atoms with E-state index in [1.54, 1.807) is 11.8 Å². The molecule has 70 valence electrons. The average Bonchev–Trinajstić information content (AvgIpc) is 2.06. The number of hydrogen-bond donors (Lipinski definition) is 2. The number of hydrogen-bond acceptors (Lipinski definition) is 2. The molecule has 0 atom stereocenters. The second-order valence-corrected chi connectivity index (χ2v) is 4.15. The van der Waals surface area contributed by atoms with Gasteiger partial charge in [-0.1, -0.05) is 0 Å². The van der Waals surface area contributed by atoms with Crippen molar-refractivity contribution in [2.75, 3.05) is 11.5 Å². The normalized spacial score (nSPS) is 20.8. The molecule has 0 bridgehead atoms. The maximum Gasteiger partial charge on any atom is 0.306 e. The fourth-order valence-electron chi connectivity index (χ4n) is 1.28. The highest BCUT2D eigenvalue weighted by Crippen LogP contribution is 2.35. The maximum atomic E-state index is 13.1. The van der Waals surface area contributed by atoms with Gasteiger partial charge in [-0.3, -0.25) is 5.41 Å². The van der Waals surface area contributed by atoms with Gasteiger partial charge in [-0.2, -0.15) is 20.5 Å². The van der Waals surface area contributed by atoms with Gasteiger partial charge in [0.1, 0.15) is 0 Å². The molecule has 1 aliphatic rings. The fraction of sp³-hybridized carbons (Fsp3) is 0.857. The Morgan fingerprint density at radius 3 is 2.33 bits per heavy atom. The van der Waals surface area contributed by atoms with Gasteiger partial charge in [0.25, 0.3) is 0 Å². The van der Waals surface area contributed by atoms with E-state index in [0.717, 1.165) is 11.5 Å². The number of nitrogens with two attached hydrogens (primary N) is 1. The molecule has 3 N–H and O–H groups in total. The van der Waals surface area contributed by atoms with Crippen LogP contribution in [0, 0.1) is 11.3 Å². The Morgan fingerprint density at radius 1 is 1.42 bits per heavy atom. The standard InChI is InChI=1S/C7H12F2N2S/c8-7(9,6(10)11)5-1-3-12-4-2-5/h5H,1-4H2,(H3,10,11). The van der Waals surface area contributed by atoms with Gasteiger partial charge < -0.3 is 5.73 Å². The van der Waals surface area contributed by atoms with Crippen molar-refractivity contribution in [3.05, 3.63) is 0 Å². The van der Waals surface area contributed by atoms with Crippen LogP contribution in [-0.4, -0.2) is 23.3 Å². The molecular weight excluding hydrogens is 182 g/mol. The predicted molar refractivity (Wildman–Crippen MR) is 46.9 cm³/mol. The summed E-state index contributed by atoms with van der Waals surface area (Å²) in [5.41, 5.74) is 4.83. The monoisotopic (exact) mass is 194 g/mol. The first-order valence-electron chi connectivity index (χ1n) is 3.85. The van der Waals surface area contributed by atoms with Gasteiger partial charge in [0.15, 0.2) is 5.84 Å². The molecule has 1 aliphatic heterocycles. The first-order chi connectivity index (χ1) is 5.55. The predicted octanol–water partition coefficient (Wildman–Crippen LogP) is 1.70. The molecule has 1 rings (SSSR count). The molecular formula is C7H12F2N2S. The third-order valence-corrected chi connectivity index (χ3v) is 3.14. The Labute approximate surface area is 74.4 Å². The van der Waals surface area contributed by atoms with Gasteiger partial charge in [-0.05, 0) is 24.3 Å². The number of alkyl halides is 2. The lowest BCUT2D eigenvalue weighted by molar-refractivity contribution is 0.00633. The lowest BCUT2D eigenvalue weighted by Gasteiger charge is -2.28. The van der Waals surface area contributed by atoms with E-state index in [9.17, 15) is 8.78 Å². The summed E-state index contributed by atoms with van der Waals surface area (Å²) >= 11 is 1.68. The lowest BCUT2D eigenvalue weighted by atomic mass is 9.94. The molecule has 0 saturated carbocycles. The Kier molecular flexibility index (Phi) is 2.93. The van der Waals surface area contributed by atoms with E-state index in [-0.39, 0.29) is 0 Å². The minimum absolute atomic E-state index is 0.469. The van der Waals surface area contributed by atoms with Crippen LogP contribution in [0.2, 0.25) is 0 Å². The van der Waals surface area contributed by atoms with E-state index in [4.69, 9.17) is 11.1 Å². The van der Waals surface area contributed by atoms with Crippen molar-refractivity contribution in [2.45, 2.75) is 18.8 Å². The topological polar surface area (TPSA) is 49.9 Å². The molecule has 0 unspecified atom stereocenters. The molecule has 0 aromatic carbocycles. The number of amidine groups is 1. The lowest BCUT2D eigenvalue weighted by Crippen LogP contribution is -2.43. The van der Waals surface area contributed by atoms with Crippen molar-refractivity contribution in [1.82, 2.24) is 0 Å². The Bertz CT molecular complexity index is 178. The van der Waals surface area contributed by atoms with Crippen LogP contribution in [0.15, 0.2) is 0 Å². The summed E-state index contributed by atoms with van der Waals surface area (Å²) in [4.78, 5) is 0. The maximum absolute atomic E-state index is 13.1. The highest BCUT2D eigenvalue weighted by molar-refractivity contribution is 7.99. The highest BCUT2D eigenvalue weighted by Gasteiger charge is 2.42. The van der Waals surface area contributed by atoms with Gasteiger partial charge in [0.2, 0.25) is 0 Å². The molecule has 0 aromatic rings. The van der Waals surface area contributed by atoms with Crippen LogP contribution in [0.3, 0.4) is 0 Å². The Balaban J connectivity index is 2.59. The van der Waals surface area contributed by atoms with Crippen molar-refractivity contribution in [3.8, 4) is 0 Å². The summed E-state index contributed by atoms with van der Waals surface area (Å²) < 4.78 is 26.1. The summed E-state index contributed by atoms with van der Waals surface area (Å²) in [6.07, 6.45) is 0.939. The molecule has 2 nitrogen and oxygen atoms in total. The largest absolute Gasteiger partial charge is 0.383 e. The van der Waals surface area contributed by atoms with Crippen molar-refractivity contribution >= 4 is 17.6 Å². The quantitative estimate of drug-likeness (QED) is 0.519. The van der Waals surface area contributed by atoms with Crippen molar-refractivity contribution in [1.29, 1.82) is 5.41 Å². The zero-order valence-corrected chi connectivity index (χ0v) is 7.46. The van der Waals surface area contributed by atoms with E-state index < -0.39 is 17.7 Å². The summed E-state index contributed by atoms with van der Waals surface area (Å²) in [5, 5.41) is 6.75. The molecule has 1 saturated heterocycles. The van der Waals surface area contributed by atoms with Crippen LogP contribution in [0.1, 0.15) is 12.8 Å². The summed E-state index contributed by atoms with van der Waals surface area (Å²) in [7, 11) is 0. The van der Waals surface area contributed by atoms with Gasteiger partial charge in [0.05, 0.1) is 0 Å². The average molecular weight is 194 g/mol.